The van der Waals surface area contributed by atoms with Crippen LogP contribution >= 0.6 is 11.6 Å². The highest BCUT2D eigenvalue weighted by Gasteiger charge is 2.17. The molecule has 1 aromatic rings. The van der Waals surface area contributed by atoms with Crippen LogP contribution in [0.4, 0.5) is 0 Å². The fraction of sp³-hybridized carbons (Fsp3) is 0.611. The largest absolute Gasteiger partial charge is 0.496 e. The first kappa shape index (κ1) is 18.0. The van der Waals surface area contributed by atoms with Crippen LogP contribution in [0.5, 0.6) is 5.75 Å². The van der Waals surface area contributed by atoms with Crippen LogP contribution in [-0.4, -0.2) is 12.9 Å². The zero-order valence-corrected chi connectivity index (χ0v) is 14.6. The van der Waals surface area contributed by atoms with E-state index in [1.807, 2.05) is 19.1 Å². The van der Waals surface area contributed by atoms with Gasteiger partial charge in [-0.1, -0.05) is 39.3 Å². The first-order valence-electron chi connectivity index (χ1n) is 7.77. The minimum atomic E-state index is 0.302. The maximum absolute atomic E-state index is 11.8. The first-order valence-corrected chi connectivity index (χ1v) is 8.14. The van der Waals surface area contributed by atoms with Gasteiger partial charge in [0.2, 0.25) is 0 Å². The number of ketones is 1. The fourth-order valence-electron chi connectivity index (χ4n) is 2.72. The number of Topliss-reactive ketones (excluding diaryl/α,β-unsaturated/α-hetero) is 1. The third kappa shape index (κ3) is 5.35. The van der Waals surface area contributed by atoms with Crippen LogP contribution in [0.3, 0.4) is 0 Å². The summed E-state index contributed by atoms with van der Waals surface area (Å²) in [6.45, 7) is 8.42. The van der Waals surface area contributed by atoms with Crippen molar-refractivity contribution in [1.29, 1.82) is 0 Å². The molecule has 0 aliphatic carbocycles. The summed E-state index contributed by atoms with van der Waals surface area (Å²) in [6, 6.07) is 3.94. The lowest BCUT2D eigenvalue weighted by molar-refractivity contribution is -0.119. The summed E-state index contributed by atoms with van der Waals surface area (Å²) in [7, 11) is 1.70. The number of methoxy groups -OCH3 is 1. The molecule has 0 saturated carbocycles. The highest BCUT2D eigenvalue weighted by atomic mass is 35.5. The van der Waals surface area contributed by atoms with E-state index < -0.39 is 0 Å². The summed E-state index contributed by atoms with van der Waals surface area (Å²) < 4.78 is 5.60. The van der Waals surface area contributed by atoms with Crippen molar-refractivity contribution < 1.29 is 9.53 Å². The molecule has 0 amide bonds. The molecule has 118 valence electrons. The molecule has 0 fully saturated rings. The number of halogens is 1. The third-order valence-electron chi connectivity index (χ3n) is 3.66. The van der Waals surface area contributed by atoms with E-state index >= 15 is 0 Å². The predicted molar refractivity (Wildman–Crippen MR) is 89.5 cm³/mol. The lowest BCUT2D eigenvalue weighted by atomic mass is 9.91. The normalized spacial score (nSPS) is 12.5. The van der Waals surface area contributed by atoms with Gasteiger partial charge in [0.05, 0.1) is 7.11 Å². The Kier molecular flexibility index (Phi) is 7.24. The van der Waals surface area contributed by atoms with Gasteiger partial charge in [0.25, 0.3) is 0 Å². The molecule has 0 saturated heterocycles. The van der Waals surface area contributed by atoms with Crippen molar-refractivity contribution in [1.82, 2.24) is 0 Å². The van der Waals surface area contributed by atoms with Gasteiger partial charge in [0, 0.05) is 17.9 Å². The van der Waals surface area contributed by atoms with E-state index in [2.05, 4.69) is 20.8 Å². The summed E-state index contributed by atoms with van der Waals surface area (Å²) in [5, 5.41) is 0.738. The number of hydrogen-bond donors (Lipinski definition) is 0. The fourth-order valence-corrected chi connectivity index (χ4v) is 2.97. The van der Waals surface area contributed by atoms with Crippen LogP contribution in [0.2, 0.25) is 5.02 Å². The molecule has 21 heavy (non-hydrogen) atoms. The van der Waals surface area contributed by atoms with Gasteiger partial charge >= 0.3 is 0 Å². The van der Waals surface area contributed by atoms with Crippen LogP contribution < -0.4 is 4.74 Å². The second kappa shape index (κ2) is 8.43. The van der Waals surface area contributed by atoms with E-state index in [0.717, 1.165) is 34.7 Å². The number of carbonyl (C=O) groups excluding carboxylic acids is 1. The lowest BCUT2D eigenvalue weighted by Gasteiger charge is -2.19. The quantitative estimate of drug-likeness (QED) is 0.641. The molecule has 1 unspecified atom stereocenters. The number of rotatable bonds is 8. The van der Waals surface area contributed by atoms with E-state index in [4.69, 9.17) is 16.3 Å². The third-order valence-corrected chi connectivity index (χ3v) is 3.88. The Balaban J connectivity index is 2.94. The van der Waals surface area contributed by atoms with Crippen LogP contribution in [0.1, 0.15) is 64.0 Å². The number of ether oxygens (including phenoxy) is 1. The Morgan fingerprint density at radius 1 is 1.29 bits per heavy atom. The van der Waals surface area contributed by atoms with Gasteiger partial charge in [0.1, 0.15) is 11.5 Å². The average Bonchev–Trinajstić information content (AvgIpc) is 2.37. The Hall–Kier alpha value is -1.02. The molecule has 0 spiro atoms. The van der Waals surface area contributed by atoms with Gasteiger partial charge in [-0.05, 0) is 47.9 Å². The Bertz CT molecular complexity index is 480. The molecular weight excluding hydrogens is 284 g/mol. The van der Waals surface area contributed by atoms with Crippen molar-refractivity contribution >= 4 is 17.4 Å². The first-order chi connectivity index (χ1) is 9.88. The zero-order chi connectivity index (χ0) is 16.0. The number of benzene rings is 1. The molecule has 0 aromatic heterocycles. The second-order valence-electron chi connectivity index (χ2n) is 6.14. The van der Waals surface area contributed by atoms with Crippen molar-refractivity contribution in [2.45, 2.75) is 59.3 Å². The molecule has 1 atom stereocenters. The van der Waals surface area contributed by atoms with E-state index in [1.165, 1.54) is 0 Å². The summed E-state index contributed by atoms with van der Waals surface area (Å²) in [5.74, 6) is 1.92. The van der Waals surface area contributed by atoms with Crippen LogP contribution in [-0.2, 0) is 11.2 Å². The molecule has 3 heteroatoms. The summed E-state index contributed by atoms with van der Waals surface area (Å²) in [4.78, 5) is 11.8. The molecule has 0 radical (unpaired) electrons. The van der Waals surface area contributed by atoms with Crippen molar-refractivity contribution in [2.24, 2.45) is 5.92 Å². The van der Waals surface area contributed by atoms with Crippen molar-refractivity contribution in [2.75, 3.05) is 7.11 Å². The van der Waals surface area contributed by atoms with E-state index in [9.17, 15) is 4.79 Å². The molecule has 0 aliphatic heterocycles. The van der Waals surface area contributed by atoms with Gasteiger partial charge in [-0.15, -0.1) is 0 Å². The summed E-state index contributed by atoms with van der Waals surface area (Å²) in [6.07, 6.45) is 3.04. The highest BCUT2D eigenvalue weighted by Crippen LogP contribution is 2.35. The van der Waals surface area contributed by atoms with Crippen LogP contribution in [0, 0.1) is 5.92 Å². The maximum atomic E-state index is 11.8. The Morgan fingerprint density at radius 2 is 1.95 bits per heavy atom. The van der Waals surface area contributed by atoms with Crippen molar-refractivity contribution in [3.05, 3.63) is 28.3 Å². The van der Waals surface area contributed by atoms with Crippen molar-refractivity contribution in [3.63, 3.8) is 0 Å². The Morgan fingerprint density at radius 3 is 2.48 bits per heavy atom. The number of carbonyl (C=O) groups is 1. The SMILES string of the molecule is CCCC(=O)CC(C)Cc1cc(Cl)cc(C(C)C)c1OC. The van der Waals surface area contributed by atoms with E-state index in [-0.39, 0.29) is 0 Å². The van der Waals surface area contributed by atoms with Gasteiger partial charge in [0.15, 0.2) is 0 Å². The minimum absolute atomic E-state index is 0.302. The molecule has 0 bridgehead atoms. The molecular formula is C18H27ClO2. The second-order valence-corrected chi connectivity index (χ2v) is 6.58. The standard InChI is InChI=1S/C18H27ClO2/c1-6-7-16(20)9-13(4)8-14-10-15(19)11-17(12(2)3)18(14)21-5/h10-13H,6-9H2,1-5H3. The highest BCUT2D eigenvalue weighted by molar-refractivity contribution is 6.30. The monoisotopic (exact) mass is 310 g/mol. The van der Waals surface area contributed by atoms with E-state index in [0.29, 0.717) is 30.5 Å². The molecule has 2 nitrogen and oxygen atoms in total. The smallest absolute Gasteiger partial charge is 0.133 e. The summed E-state index contributed by atoms with van der Waals surface area (Å²) >= 11 is 6.24. The van der Waals surface area contributed by atoms with Crippen LogP contribution in [0.25, 0.3) is 0 Å². The molecule has 0 N–H and O–H groups in total. The molecule has 0 aliphatic rings. The van der Waals surface area contributed by atoms with Gasteiger partial charge < -0.3 is 4.74 Å². The predicted octanol–water partition coefficient (Wildman–Crippen LogP) is 5.41. The van der Waals surface area contributed by atoms with Crippen LogP contribution in [0.15, 0.2) is 12.1 Å². The van der Waals surface area contributed by atoms with Crippen molar-refractivity contribution in [3.8, 4) is 5.75 Å². The Labute approximate surface area is 133 Å². The van der Waals surface area contributed by atoms with E-state index in [1.54, 1.807) is 7.11 Å². The zero-order valence-electron chi connectivity index (χ0n) is 13.8. The van der Waals surface area contributed by atoms with Gasteiger partial charge in [-0.3, -0.25) is 4.79 Å². The minimum Gasteiger partial charge on any atom is -0.496 e. The maximum Gasteiger partial charge on any atom is 0.133 e. The number of hydrogen-bond acceptors (Lipinski definition) is 2. The summed E-state index contributed by atoms with van der Waals surface area (Å²) in [5.41, 5.74) is 2.23. The average molecular weight is 311 g/mol. The lowest BCUT2D eigenvalue weighted by Crippen LogP contribution is -2.09. The molecule has 0 heterocycles. The van der Waals surface area contributed by atoms with Gasteiger partial charge in [-0.25, -0.2) is 0 Å². The molecule has 1 aromatic carbocycles. The molecule has 1 rings (SSSR count). The topological polar surface area (TPSA) is 26.3 Å². The van der Waals surface area contributed by atoms with Gasteiger partial charge in [-0.2, -0.15) is 0 Å².